The van der Waals surface area contributed by atoms with Crippen LogP contribution in [0.25, 0.3) is 0 Å². The summed E-state index contributed by atoms with van der Waals surface area (Å²) in [6.45, 7) is 10.3. The van der Waals surface area contributed by atoms with Crippen molar-refractivity contribution in [3.05, 3.63) is 0 Å². The van der Waals surface area contributed by atoms with Gasteiger partial charge in [0, 0.05) is 6.61 Å². The van der Waals surface area contributed by atoms with Crippen LogP contribution in [0, 0.1) is 0 Å². The van der Waals surface area contributed by atoms with Crippen LogP contribution in [0.15, 0.2) is 0 Å². The molecule has 0 heterocycles. The van der Waals surface area contributed by atoms with Gasteiger partial charge in [-0.3, -0.25) is 0 Å². The molecule has 2 heteroatoms. The summed E-state index contributed by atoms with van der Waals surface area (Å²) in [6, 6.07) is 4.25. The van der Waals surface area contributed by atoms with Crippen LogP contribution in [0.2, 0.25) is 18.1 Å². The van der Waals surface area contributed by atoms with Gasteiger partial charge >= 0.3 is 0 Å². The van der Waals surface area contributed by atoms with Crippen LogP contribution in [0.1, 0.15) is 118 Å². The third kappa shape index (κ3) is 13.5. The van der Waals surface area contributed by atoms with Crippen molar-refractivity contribution in [3.63, 3.8) is 0 Å². The number of hydrogen-bond acceptors (Lipinski definition) is 1. The molecule has 0 aliphatic carbocycles. The molecule has 0 aromatic heterocycles. The van der Waals surface area contributed by atoms with Gasteiger partial charge in [-0.2, -0.15) is 0 Å². The van der Waals surface area contributed by atoms with E-state index in [1.54, 1.807) is 0 Å². The Morgan fingerprint density at radius 3 is 1.25 bits per heavy atom. The second-order valence-corrected chi connectivity index (χ2v) is 12.0. The van der Waals surface area contributed by atoms with Crippen molar-refractivity contribution in [1.29, 1.82) is 0 Å². The van der Waals surface area contributed by atoms with Crippen LogP contribution in [-0.2, 0) is 4.43 Å². The molecule has 0 fully saturated rings. The minimum Gasteiger partial charge on any atom is -0.417 e. The summed E-state index contributed by atoms with van der Waals surface area (Å²) in [6.07, 6.45) is 19.3. The summed E-state index contributed by atoms with van der Waals surface area (Å²) in [7, 11) is -1.44. The van der Waals surface area contributed by atoms with Gasteiger partial charge in [-0.05, 0) is 24.6 Å². The Hall–Kier alpha value is 0.177. The standard InChI is InChI=1S/C22H48OSi/c1-5-9-13-14-15-16-17-18-19-23-24(20-10-6-2,21-11-7-3)22-12-8-4/h5-22H2,1-4H3. The first kappa shape index (κ1) is 24.2. The van der Waals surface area contributed by atoms with E-state index >= 15 is 0 Å². The smallest absolute Gasteiger partial charge is 0.192 e. The SMILES string of the molecule is CCCCCCCCCCO[Si](CCCC)(CCCC)CCCC. The number of rotatable bonds is 19. The average Bonchev–Trinajstić information content (AvgIpc) is 2.61. The van der Waals surface area contributed by atoms with Crippen LogP contribution in [0.4, 0.5) is 0 Å². The maximum absolute atomic E-state index is 6.72. The van der Waals surface area contributed by atoms with Crippen molar-refractivity contribution >= 4 is 8.32 Å². The number of unbranched alkanes of at least 4 members (excludes halogenated alkanes) is 10. The fourth-order valence-corrected chi connectivity index (χ4v) is 8.37. The Balaban J connectivity index is 4.07. The number of hydrogen-bond donors (Lipinski definition) is 0. The molecule has 0 aromatic carbocycles. The molecule has 0 saturated carbocycles. The monoisotopic (exact) mass is 356 g/mol. The Kier molecular flexibility index (Phi) is 18.1. The van der Waals surface area contributed by atoms with E-state index in [2.05, 4.69) is 27.7 Å². The highest BCUT2D eigenvalue weighted by Gasteiger charge is 2.32. The highest BCUT2D eigenvalue weighted by molar-refractivity contribution is 6.73. The summed E-state index contributed by atoms with van der Waals surface area (Å²) >= 11 is 0. The fourth-order valence-electron chi connectivity index (χ4n) is 3.61. The lowest BCUT2D eigenvalue weighted by Gasteiger charge is -2.32. The third-order valence-corrected chi connectivity index (χ3v) is 9.97. The van der Waals surface area contributed by atoms with Gasteiger partial charge < -0.3 is 4.43 Å². The van der Waals surface area contributed by atoms with Crippen molar-refractivity contribution in [2.75, 3.05) is 6.61 Å². The van der Waals surface area contributed by atoms with Gasteiger partial charge in [0.15, 0.2) is 8.32 Å². The van der Waals surface area contributed by atoms with Crippen molar-refractivity contribution in [3.8, 4) is 0 Å². The van der Waals surface area contributed by atoms with Crippen molar-refractivity contribution in [2.24, 2.45) is 0 Å². The van der Waals surface area contributed by atoms with Crippen molar-refractivity contribution in [1.82, 2.24) is 0 Å². The molecule has 0 unspecified atom stereocenters. The van der Waals surface area contributed by atoms with E-state index in [1.807, 2.05) is 0 Å². The van der Waals surface area contributed by atoms with Crippen molar-refractivity contribution < 1.29 is 4.43 Å². The molecule has 146 valence electrons. The van der Waals surface area contributed by atoms with Crippen LogP contribution in [0.5, 0.6) is 0 Å². The fraction of sp³-hybridized carbons (Fsp3) is 1.00. The van der Waals surface area contributed by atoms with E-state index in [-0.39, 0.29) is 0 Å². The second-order valence-electron chi connectivity index (χ2n) is 7.82. The van der Waals surface area contributed by atoms with E-state index in [9.17, 15) is 0 Å². The Bertz CT molecular complexity index is 220. The maximum atomic E-state index is 6.72. The summed E-state index contributed by atoms with van der Waals surface area (Å²) in [5, 5.41) is 0. The molecule has 0 rings (SSSR count). The van der Waals surface area contributed by atoms with Crippen molar-refractivity contribution in [2.45, 2.75) is 136 Å². The topological polar surface area (TPSA) is 9.23 Å². The lowest BCUT2D eigenvalue weighted by Crippen LogP contribution is -2.38. The molecular weight excluding hydrogens is 308 g/mol. The summed E-state index contributed by atoms with van der Waals surface area (Å²) in [5.74, 6) is 0. The molecule has 24 heavy (non-hydrogen) atoms. The molecule has 0 N–H and O–H groups in total. The van der Waals surface area contributed by atoms with E-state index in [4.69, 9.17) is 4.43 Å². The summed E-state index contributed by atoms with van der Waals surface area (Å²) < 4.78 is 6.72. The van der Waals surface area contributed by atoms with Crippen LogP contribution >= 0.6 is 0 Å². The van der Waals surface area contributed by atoms with Crippen LogP contribution in [0.3, 0.4) is 0 Å². The van der Waals surface area contributed by atoms with E-state index in [0.717, 1.165) is 6.61 Å². The summed E-state index contributed by atoms with van der Waals surface area (Å²) in [4.78, 5) is 0. The molecule has 0 aliphatic heterocycles. The van der Waals surface area contributed by atoms with E-state index < -0.39 is 8.32 Å². The highest BCUT2D eigenvalue weighted by Crippen LogP contribution is 2.30. The quantitative estimate of drug-likeness (QED) is 0.166. The first-order valence-corrected chi connectivity index (χ1v) is 13.9. The predicted octanol–water partition coefficient (Wildman–Crippen LogP) is 8.49. The molecule has 0 atom stereocenters. The normalized spacial score (nSPS) is 12.0. The highest BCUT2D eigenvalue weighted by atomic mass is 28.4. The molecule has 0 bridgehead atoms. The Labute approximate surface area is 155 Å². The zero-order chi connectivity index (χ0) is 17.9. The Morgan fingerprint density at radius 2 is 0.833 bits per heavy atom. The van der Waals surface area contributed by atoms with Crippen LogP contribution in [-0.4, -0.2) is 14.9 Å². The minimum absolute atomic E-state index is 1.05. The lowest BCUT2D eigenvalue weighted by molar-refractivity contribution is 0.282. The average molecular weight is 357 g/mol. The largest absolute Gasteiger partial charge is 0.417 e. The second kappa shape index (κ2) is 18.0. The van der Waals surface area contributed by atoms with E-state index in [0.29, 0.717) is 0 Å². The molecule has 1 nitrogen and oxygen atoms in total. The lowest BCUT2D eigenvalue weighted by atomic mass is 10.1. The van der Waals surface area contributed by atoms with Crippen LogP contribution < -0.4 is 0 Å². The molecule has 0 spiro atoms. The van der Waals surface area contributed by atoms with Gasteiger partial charge in [0.1, 0.15) is 0 Å². The Morgan fingerprint density at radius 1 is 0.458 bits per heavy atom. The molecule has 0 aromatic rings. The zero-order valence-corrected chi connectivity index (χ0v) is 18.6. The third-order valence-electron chi connectivity index (χ3n) is 5.36. The molecule has 0 radical (unpaired) electrons. The first-order valence-electron chi connectivity index (χ1n) is 11.4. The van der Waals surface area contributed by atoms with Gasteiger partial charge in [0.05, 0.1) is 0 Å². The predicted molar refractivity (Wildman–Crippen MR) is 113 cm³/mol. The maximum Gasteiger partial charge on any atom is 0.192 e. The van der Waals surface area contributed by atoms with Gasteiger partial charge in [0.2, 0.25) is 0 Å². The van der Waals surface area contributed by atoms with Gasteiger partial charge in [-0.15, -0.1) is 0 Å². The van der Waals surface area contributed by atoms with Gasteiger partial charge in [0.25, 0.3) is 0 Å². The molecular formula is C22H48OSi. The zero-order valence-electron chi connectivity index (χ0n) is 17.6. The molecule has 0 saturated heterocycles. The molecule has 0 aliphatic rings. The summed E-state index contributed by atoms with van der Waals surface area (Å²) in [5.41, 5.74) is 0. The van der Waals surface area contributed by atoms with Gasteiger partial charge in [-0.1, -0.05) is 111 Å². The van der Waals surface area contributed by atoms with Gasteiger partial charge in [-0.25, -0.2) is 0 Å². The molecule has 0 amide bonds. The van der Waals surface area contributed by atoms with E-state index in [1.165, 1.54) is 108 Å². The minimum atomic E-state index is -1.44. The first-order chi connectivity index (χ1) is 11.7.